The Bertz CT molecular complexity index is 701. The zero-order valence-electron chi connectivity index (χ0n) is 13.4. The topological polar surface area (TPSA) is 50.4 Å². The number of amides is 1. The highest BCUT2D eigenvalue weighted by molar-refractivity contribution is 6.30. The van der Waals surface area contributed by atoms with Gasteiger partial charge in [0.25, 0.3) is 0 Å². The number of ether oxygens (including phenoxy) is 1. The molecule has 1 aliphatic heterocycles. The maximum absolute atomic E-state index is 12.0. The quantitative estimate of drug-likeness (QED) is 0.812. The van der Waals surface area contributed by atoms with E-state index < -0.39 is 0 Å². The minimum absolute atomic E-state index is 0.0499. The van der Waals surface area contributed by atoms with Gasteiger partial charge in [0, 0.05) is 30.6 Å². The highest BCUT2D eigenvalue weighted by Crippen LogP contribution is 2.17. The largest absolute Gasteiger partial charge is 0.489 e. The first kappa shape index (κ1) is 16.8. The van der Waals surface area contributed by atoms with Gasteiger partial charge in [-0.05, 0) is 35.4 Å². The third-order valence-electron chi connectivity index (χ3n) is 4.01. The minimum atomic E-state index is 0.0499. The Labute approximate surface area is 147 Å². The van der Waals surface area contributed by atoms with E-state index in [4.69, 9.17) is 16.3 Å². The number of carbonyl (C=O) groups excluding carboxylic acids is 1. The van der Waals surface area contributed by atoms with Crippen LogP contribution in [0.1, 0.15) is 11.1 Å². The van der Waals surface area contributed by atoms with Crippen molar-refractivity contribution in [2.75, 3.05) is 19.6 Å². The van der Waals surface area contributed by atoms with Crippen LogP contribution in [0.3, 0.4) is 0 Å². The lowest BCUT2D eigenvalue weighted by molar-refractivity contribution is -0.120. The summed E-state index contributed by atoms with van der Waals surface area (Å²) < 4.78 is 5.80. The molecule has 5 heteroatoms. The Morgan fingerprint density at radius 2 is 1.96 bits per heavy atom. The van der Waals surface area contributed by atoms with Gasteiger partial charge in [-0.2, -0.15) is 0 Å². The van der Waals surface area contributed by atoms with Crippen molar-refractivity contribution in [3.8, 4) is 5.75 Å². The smallest absolute Gasteiger partial charge is 0.224 e. The molecular weight excluding hydrogens is 324 g/mol. The molecule has 3 rings (SSSR count). The van der Waals surface area contributed by atoms with Crippen LogP contribution in [0.4, 0.5) is 0 Å². The first-order chi connectivity index (χ1) is 11.7. The van der Waals surface area contributed by atoms with Gasteiger partial charge in [-0.1, -0.05) is 35.9 Å². The van der Waals surface area contributed by atoms with Crippen molar-refractivity contribution in [1.29, 1.82) is 0 Å². The Morgan fingerprint density at radius 1 is 1.17 bits per heavy atom. The maximum Gasteiger partial charge on any atom is 0.224 e. The predicted molar refractivity (Wildman–Crippen MR) is 95.3 cm³/mol. The second-order valence-corrected chi connectivity index (χ2v) is 6.51. The lowest BCUT2D eigenvalue weighted by atomic mass is 10.0. The first-order valence-corrected chi connectivity index (χ1v) is 8.50. The molecule has 0 unspecified atom stereocenters. The summed E-state index contributed by atoms with van der Waals surface area (Å²) in [6, 6.07) is 15.2. The van der Waals surface area contributed by atoms with Gasteiger partial charge in [-0.25, -0.2) is 0 Å². The van der Waals surface area contributed by atoms with Crippen LogP contribution in [-0.2, 0) is 17.8 Å². The molecule has 0 saturated carbocycles. The third-order valence-corrected chi connectivity index (χ3v) is 4.25. The van der Waals surface area contributed by atoms with E-state index in [9.17, 15) is 4.79 Å². The summed E-state index contributed by atoms with van der Waals surface area (Å²) >= 11 is 5.97. The van der Waals surface area contributed by atoms with E-state index in [0.29, 0.717) is 24.0 Å². The van der Waals surface area contributed by atoms with Crippen molar-refractivity contribution in [3.63, 3.8) is 0 Å². The molecule has 1 heterocycles. The number of benzene rings is 2. The average molecular weight is 345 g/mol. The van der Waals surface area contributed by atoms with E-state index in [2.05, 4.69) is 10.6 Å². The first-order valence-electron chi connectivity index (χ1n) is 8.12. The summed E-state index contributed by atoms with van der Waals surface area (Å²) in [5, 5.41) is 6.88. The van der Waals surface area contributed by atoms with Crippen LogP contribution >= 0.6 is 11.6 Å². The van der Waals surface area contributed by atoms with Gasteiger partial charge in [0.1, 0.15) is 12.4 Å². The van der Waals surface area contributed by atoms with Crippen LogP contribution in [0.2, 0.25) is 5.02 Å². The van der Waals surface area contributed by atoms with E-state index in [-0.39, 0.29) is 5.91 Å². The molecule has 126 valence electrons. The van der Waals surface area contributed by atoms with Gasteiger partial charge >= 0.3 is 0 Å². The lowest BCUT2D eigenvalue weighted by Gasteiger charge is -2.27. The van der Waals surface area contributed by atoms with Crippen molar-refractivity contribution in [1.82, 2.24) is 10.6 Å². The number of rotatable bonds is 7. The van der Waals surface area contributed by atoms with Crippen LogP contribution in [0, 0.1) is 5.92 Å². The molecule has 0 radical (unpaired) electrons. The van der Waals surface area contributed by atoms with Crippen molar-refractivity contribution >= 4 is 17.5 Å². The van der Waals surface area contributed by atoms with Crippen LogP contribution in [0.15, 0.2) is 48.5 Å². The fourth-order valence-corrected chi connectivity index (χ4v) is 2.75. The molecule has 0 spiro atoms. The molecule has 2 aromatic carbocycles. The summed E-state index contributed by atoms with van der Waals surface area (Å²) in [7, 11) is 0. The Hall–Kier alpha value is -2.04. The van der Waals surface area contributed by atoms with Crippen molar-refractivity contribution in [2.45, 2.75) is 13.0 Å². The Morgan fingerprint density at radius 3 is 2.71 bits per heavy atom. The molecule has 0 bridgehead atoms. The maximum atomic E-state index is 12.0. The van der Waals surface area contributed by atoms with E-state index in [1.165, 1.54) is 0 Å². The number of halogens is 1. The summed E-state index contributed by atoms with van der Waals surface area (Å²) in [6.45, 7) is 3.18. The van der Waals surface area contributed by atoms with E-state index in [1.54, 1.807) is 0 Å². The SMILES string of the molecule is O=C(Cc1cccc(OCc2cccc(Cl)c2)c1)NCC1CNC1. The summed E-state index contributed by atoms with van der Waals surface area (Å²) in [4.78, 5) is 12.0. The second kappa shape index (κ2) is 8.18. The van der Waals surface area contributed by atoms with Crippen molar-refractivity contribution in [3.05, 3.63) is 64.7 Å². The summed E-state index contributed by atoms with van der Waals surface area (Å²) in [6.07, 6.45) is 0.370. The molecule has 24 heavy (non-hydrogen) atoms. The van der Waals surface area contributed by atoms with Gasteiger partial charge < -0.3 is 15.4 Å². The fourth-order valence-electron chi connectivity index (χ4n) is 2.54. The number of carbonyl (C=O) groups is 1. The number of hydrogen-bond donors (Lipinski definition) is 2. The lowest BCUT2D eigenvalue weighted by Crippen LogP contribution is -2.48. The molecule has 0 aliphatic carbocycles. The molecule has 1 saturated heterocycles. The Kier molecular flexibility index (Phi) is 5.72. The van der Waals surface area contributed by atoms with Crippen LogP contribution in [0.5, 0.6) is 5.75 Å². The number of hydrogen-bond acceptors (Lipinski definition) is 3. The van der Waals surface area contributed by atoms with Gasteiger partial charge in [0.15, 0.2) is 0 Å². The molecule has 0 atom stereocenters. The van der Waals surface area contributed by atoms with E-state index in [0.717, 1.165) is 36.5 Å². The zero-order chi connectivity index (χ0) is 16.8. The zero-order valence-corrected chi connectivity index (χ0v) is 14.2. The molecule has 0 aromatic heterocycles. The van der Waals surface area contributed by atoms with E-state index >= 15 is 0 Å². The molecule has 2 aromatic rings. The van der Waals surface area contributed by atoms with Gasteiger partial charge in [0.05, 0.1) is 6.42 Å². The average Bonchev–Trinajstić information content (AvgIpc) is 2.52. The fraction of sp³-hybridized carbons (Fsp3) is 0.316. The standard InChI is InChI=1S/C19H21ClN2O2/c20-17-5-1-4-15(7-17)13-24-18-6-2-3-14(8-18)9-19(23)22-12-16-10-21-11-16/h1-8,16,21H,9-13H2,(H,22,23). The van der Waals surface area contributed by atoms with E-state index in [1.807, 2.05) is 48.5 Å². The van der Waals surface area contributed by atoms with Crippen LogP contribution in [0.25, 0.3) is 0 Å². The van der Waals surface area contributed by atoms with Crippen LogP contribution < -0.4 is 15.4 Å². The minimum Gasteiger partial charge on any atom is -0.489 e. The molecule has 1 fully saturated rings. The summed E-state index contributed by atoms with van der Waals surface area (Å²) in [5.74, 6) is 1.37. The molecule has 1 amide bonds. The highest BCUT2D eigenvalue weighted by Gasteiger charge is 2.17. The monoisotopic (exact) mass is 344 g/mol. The van der Waals surface area contributed by atoms with Gasteiger partial charge in [0.2, 0.25) is 5.91 Å². The molecule has 1 aliphatic rings. The third kappa shape index (κ3) is 4.98. The second-order valence-electron chi connectivity index (χ2n) is 6.07. The molecular formula is C19H21ClN2O2. The Balaban J connectivity index is 1.50. The van der Waals surface area contributed by atoms with Crippen LogP contribution in [-0.4, -0.2) is 25.5 Å². The van der Waals surface area contributed by atoms with Crippen molar-refractivity contribution < 1.29 is 9.53 Å². The normalized spacial score (nSPS) is 14.0. The number of nitrogens with one attached hydrogen (secondary N) is 2. The highest BCUT2D eigenvalue weighted by atomic mass is 35.5. The van der Waals surface area contributed by atoms with Gasteiger partial charge in [-0.3, -0.25) is 4.79 Å². The predicted octanol–water partition coefficient (Wildman–Crippen LogP) is 2.80. The summed E-state index contributed by atoms with van der Waals surface area (Å²) in [5.41, 5.74) is 1.96. The molecule has 2 N–H and O–H groups in total. The van der Waals surface area contributed by atoms with Crippen molar-refractivity contribution in [2.24, 2.45) is 5.92 Å². The molecule has 4 nitrogen and oxygen atoms in total. The van der Waals surface area contributed by atoms with Gasteiger partial charge in [-0.15, -0.1) is 0 Å².